The number of hydrogen-bond donors (Lipinski definition) is 1. The summed E-state index contributed by atoms with van der Waals surface area (Å²) in [6.45, 7) is 4.02. The highest BCUT2D eigenvalue weighted by molar-refractivity contribution is 6.30. The van der Waals surface area contributed by atoms with Gasteiger partial charge >= 0.3 is 0 Å². The summed E-state index contributed by atoms with van der Waals surface area (Å²) in [5.41, 5.74) is 2.19. The Balaban J connectivity index is 2.19. The van der Waals surface area contributed by atoms with Crippen LogP contribution >= 0.6 is 11.6 Å². The quantitative estimate of drug-likeness (QED) is 0.897. The largest absolute Gasteiger partial charge is 0.326 e. The Morgan fingerprint density at radius 2 is 1.68 bits per heavy atom. The van der Waals surface area contributed by atoms with E-state index >= 15 is 0 Å². The Kier molecular flexibility index (Phi) is 5.19. The topological polar surface area (TPSA) is 52.9 Å². The molecule has 1 atom stereocenters. The molecule has 0 aliphatic rings. The Labute approximate surface area is 135 Å². The smallest absolute Gasteiger partial charge is 0.232 e. The maximum atomic E-state index is 12.6. The maximum Gasteiger partial charge on any atom is 0.232 e. The lowest BCUT2D eigenvalue weighted by molar-refractivity contribution is -0.118. The van der Waals surface area contributed by atoms with E-state index in [0.29, 0.717) is 16.3 Å². The second-order valence-corrected chi connectivity index (χ2v) is 5.89. The third-order valence-corrected chi connectivity index (χ3v) is 3.71. The van der Waals surface area contributed by atoms with Crippen LogP contribution in [-0.2, 0) is 4.79 Å². The van der Waals surface area contributed by atoms with Crippen LogP contribution in [0.2, 0.25) is 5.02 Å². The number of benzene rings is 2. The molecule has 0 spiro atoms. The van der Waals surface area contributed by atoms with Crippen molar-refractivity contribution in [1.82, 2.24) is 0 Å². The fourth-order valence-electron chi connectivity index (χ4n) is 2.36. The summed E-state index contributed by atoms with van der Waals surface area (Å²) >= 11 is 5.91. The Bertz CT molecular complexity index is 685. The van der Waals surface area contributed by atoms with Crippen molar-refractivity contribution in [2.75, 3.05) is 5.32 Å². The van der Waals surface area contributed by atoms with E-state index in [1.54, 1.807) is 36.4 Å². The van der Waals surface area contributed by atoms with E-state index < -0.39 is 0 Å². The van der Waals surface area contributed by atoms with Gasteiger partial charge < -0.3 is 5.32 Å². The molecule has 4 heteroatoms. The molecule has 0 bridgehead atoms. The molecule has 0 heterocycles. The first-order valence-electron chi connectivity index (χ1n) is 7.07. The van der Waals surface area contributed by atoms with Crippen LogP contribution in [0, 0.1) is 17.2 Å². The third-order valence-electron chi connectivity index (χ3n) is 3.46. The monoisotopic (exact) mass is 312 g/mol. The average Bonchev–Trinajstić information content (AvgIpc) is 2.50. The maximum absolute atomic E-state index is 12.6. The number of carbonyl (C=O) groups excluding carboxylic acids is 1. The Morgan fingerprint density at radius 3 is 2.18 bits per heavy atom. The number of nitrogens with one attached hydrogen (secondary N) is 1. The standard InChI is InChI=1S/C18H17ClN2O/c1-12(2)17(14-5-7-15(19)8-6-14)18(22)21-16-9-3-13(11-20)4-10-16/h3-10,12,17H,1-2H3,(H,21,22)/t17-/m1/s1. The molecule has 0 aliphatic heterocycles. The lowest BCUT2D eigenvalue weighted by Gasteiger charge is -2.21. The van der Waals surface area contributed by atoms with E-state index in [4.69, 9.17) is 16.9 Å². The first kappa shape index (κ1) is 16.1. The van der Waals surface area contributed by atoms with Gasteiger partial charge in [0.25, 0.3) is 0 Å². The zero-order valence-electron chi connectivity index (χ0n) is 12.5. The molecule has 0 unspecified atom stereocenters. The first-order valence-corrected chi connectivity index (χ1v) is 7.45. The van der Waals surface area contributed by atoms with Crippen LogP contribution in [-0.4, -0.2) is 5.91 Å². The van der Waals surface area contributed by atoms with Crippen molar-refractivity contribution >= 4 is 23.2 Å². The van der Waals surface area contributed by atoms with Gasteiger partial charge in [-0.2, -0.15) is 5.26 Å². The SMILES string of the molecule is CC(C)[C@@H](C(=O)Nc1ccc(C#N)cc1)c1ccc(Cl)cc1. The fourth-order valence-corrected chi connectivity index (χ4v) is 2.48. The number of nitriles is 1. The van der Waals surface area contributed by atoms with Crippen LogP contribution in [0.4, 0.5) is 5.69 Å². The molecule has 2 rings (SSSR count). The lowest BCUT2D eigenvalue weighted by atomic mass is 9.87. The van der Waals surface area contributed by atoms with Gasteiger partial charge in [0.05, 0.1) is 17.6 Å². The highest BCUT2D eigenvalue weighted by Gasteiger charge is 2.24. The van der Waals surface area contributed by atoms with Gasteiger partial charge in [0.1, 0.15) is 0 Å². The minimum atomic E-state index is -0.257. The van der Waals surface area contributed by atoms with Gasteiger partial charge in [-0.3, -0.25) is 4.79 Å². The summed E-state index contributed by atoms with van der Waals surface area (Å²) in [6, 6.07) is 16.2. The van der Waals surface area contributed by atoms with E-state index in [2.05, 4.69) is 11.4 Å². The van der Waals surface area contributed by atoms with Crippen molar-refractivity contribution in [3.63, 3.8) is 0 Å². The number of carbonyl (C=O) groups is 1. The molecule has 0 radical (unpaired) electrons. The van der Waals surface area contributed by atoms with Crippen molar-refractivity contribution in [3.05, 3.63) is 64.7 Å². The van der Waals surface area contributed by atoms with Crippen LogP contribution in [0.15, 0.2) is 48.5 Å². The predicted octanol–water partition coefficient (Wildman–Crippen LogP) is 4.59. The summed E-state index contributed by atoms with van der Waals surface area (Å²) in [6.07, 6.45) is 0. The number of rotatable bonds is 4. The molecule has 1 N–H and O–H groups in total. The molecule has 0 aromatic heterocycles. The molecule has 22 heavy (non-hydrogen) atoms. The van der Waals surface area contributed by atoms with Gasteiger partial charge in [-0.25, -0.2) is 0 Å². The molecular weight excluding hydrogens is 296 g/mol. The molecule has 3 nitrogen and oxygen atoms in total. The number of hydrogen-bond acceptors (Lipinski definition) is 2. The number of nitrogens with zero attached hydrogens (tertiary/aromatic N) is 1. The van der Waals surface area contributed by atoms with E-state index in [1.807, 2.05) is 26.0 Å². The van der Waals surface area contributed by atoms with Gasteiger partial charge in [0.15, 0.2) is 0 Å². The van der Waals surface area contributed by atoms with Crippen LogP contribution in [0.5, 0.6) is 0 Å². The minimum absolute atomic E-state index is 0.0676. The van der Waals surface area contributed by atoms with Gasteiger partial charge in [-0.1, -0.05) is 37.6 Å². The summed E-state index contributed by atoms with van der Waals surface area (Å²) in [5.74, 6) is -0.172. The highest BCUT2D eigenvalue weighted by Crippen LogP contribution is 2.27. The van der Waals surface area contributed by atoms with Gasteiger partial charge in [-0.15, -0.1) is 0 Å². The third kappa shape index (κ3) is 3.87. The van der Waals surface area contributed by atoms with Crippen molar-refractivity contribution in [2.24, 2.45) is 5.92 Å². The molecule has 2 aromatic carbocycles. The van der Waals surface area contributed by atoms with Crippen LogP contribution in [0.3, 0.4) is 0 Å². The summed E-state index contributed by atoms with van der Waals surface area (Å²) < 4.78 is 0. The van der Waals surface area contributed by atoms with E-state index in [1.165, 1.54) is 0 Å². The van der Waals surface area contributed by atoms with E-state index in [0.717, 1.165) is 5.56 Å². The molecule has 112 valence electrons. The predicted molar refractivity (Wildman–Crippen MR) is 88.8 cm³/mol. The number of amides is 1. The molecule has 0 aliphatic carbocycles. The lowest BCUT2D eigenvalue weighted by Crippen LogP contribution is -2.25. The first-order chi connectivity index (χ1) is 10.5. The minimum Gasteiger partial charge on any atom is -0.326 e. The summed E-state index contributed by atoms with van der Waals surface area (Å²) in [7, 11) is 0. The van der Waals surface area contributed by atoms with E-state index in [-0.39, 0.29) is 17.7 Å². The molecule has 0 saturated heterocycles. The summed E-state index contributed by atoms with van der Waals surface area (Å²) in [5, 5.41) is 12.4. The molecular formula is C18H17ClN2O. The van der Waals surface area contributed by atoms with Gasteiger partial charge in [0, 0.05) is 10.7 Å². The van der Waals surface area contributed by atoms with Crippen LogP contribution in [0.1, 0.15) is 30.9 Å². The second kappa shape index (κ2) is 7.11. The van der Waals surface area contributed by atoms with E-state index in [9.17, 15) is 4.79 Å². The normalized spacial score (nSPS) is 11.8. The molecule has 0 saturated carbocycles. The Morgan fingerprint density at radius 1 is 1.09 bits per heavy atom. The van der Waals surface area contributed by atoms with Crippen molar-refractivity contribution in [2.45, 2.75) is 19.8 Å². The summed E-state index contributed by atoms with van der Waals surface area (Å²) in [4.78, 5) is 12.6. The van der Waals surface area contributed by atoms with Gasteiger partial charge in [-0.05, 0) is 47.9 Å². The highest BCUT2D eigenvalue weighted by atomic mass is 35.5. The molecule has 0 fully saturated rings. The number of anilines is 1. The zero-order valence-corrected chi connectivity index (χ0v) is 13.3. The van der Waals surface area contributed by atoms with Crippen molar-refractivity contribution in [1.29, 1.82) is 5.26 Å². The van der Waals surface area contributed by atoms with Crippen molar-refractivity contribution < 1.29 is 4.79 Å². The second-order valence-electron chi connectivity index (χ2n) is 5.45. The average molecular weight is 313 g/mol. The van der Waals surface area contributed by atoms with Crippen LogP contribution in [0.25, 0.3) is 0 Å². The Hall–Kier alpha value is -2.31. The van der Waals surface area contributed by atoms with Crippen LogP contribution < -0.4 is 5.32 Å². The molecule has 2 aromatic rings. The van der Waals surface area contributed by atoms with Crippen molar-refractivity contribution in [3.8, 4) is 6.07 Å². The number of halogens is 1. The fraction of sp³-hybridized carbons (Fsp3) is 0.222. The molecule has 1 amide bonds. The van der Waals surface area contributed by atoms with Gasteiger partial charge in [0.2, 0.25) is 5.91 Å². The zero-order chi connectivity index (χ0) is 16.1.